The van der Waals surface area contributed by atoms with Crippen LogP contribution in [-0.2, 0) is 19.3 Å². The Morgan fingerprint density at radius 3 is 2.00 bits per heavy atom. The summed E-state index contributed by atoms with van der Waals surface area (Å²) in [5.41, 5.74) is 4.07. The van der Waals surface area contributed by atoms with Gasteiger partial charge in [0.25, 0.3) is 0 Å². The second kappa shape index (κ2) is 10.7. The van der Waals surface area contributed by atoms with Gasteiger partial charge in [0.1, 0.15) is 5.75 Å². The first-order chi connectivity index (χ1) is 10.2. The number of phenols is 1. The molecule has 0 aliphatic rings. The average molecular weight is 290 g/mol. The Balaban J connectivity index is 2.53. The molecule has 1 rings (SSSR count). The van der Waals surface area contributed by atoms with E-state index in [2.05, 4.69) is 26.8 Å². The number of rotatable bonds is 11. The monoisotopic (exact) mass is 290 g/mol. The SMILES string of the molecule is CCCCCCCCCc1c(O)ccc(CC)c1CCC. The highest BCUT2D eigenvalue weighted by atomic mass is 16.3. The Labute approximate surface area is 131 Å². The van der Waals surface area contributed by atoms with Gasteiger partial charge in [-0.05, 0) is 48.4 Å². The van der Waals surface area contributed by atoms with E-state index in [9.17, 15) is 5.11 Å². The standard InChI is InChI=1S/C20H34O/c1-4-7-8-9-10-11-12-14-19-18(13-5-2)17(6-3)15-16-20(19)21/h15-16,21H,4-14H2,1-3H3. The molecule has 0 saturated heterocycles. The fraction of sp³-hybridized carbons (Fsp3) is 0.700. The summed E-state index contributed by atoms with van der Waals surface area (Å²) in [5.74, 6) is 0.515. The van der Waals surface area contributed by atoms with Gasteiger partial charge in [-0.25, -0.2) is 0 Å². The molecule has 0 heterocycles. The van der Waals surface area contributed by atoms with Crippen LogP contribution in [0.5, 0.6) is 5.75 Å². The number of benzene rings is 1. The van der Waals surface area contributed by atoms with Gasteiger partial charge in [0.2, 0.25) is 0 Å². The maximum atomic E-state index is 10.2. The van der Waals surface area contributed by atoms with Crippen molar-refractivity contribution in [2.75, 3.05) is 0 Å². The molecule has 0 atom stereocenters. The van der Waals surface area contributed by atoms with E-state index in [1.54, 1.807) is 0 Å². The zero-order valence-corrected chi connectivity index (χ0v) is 14.4. The molecule has 1 aromatic carbocycles. The first-order valence-corrected chi connectivity index (χ1v) is 9.07. The third-order valence-corrected chi connectivity index (χ3v) is 4.41. The Hall–Kier alpha value is -0.980. The highest BCUT2D eigenvalue weighted by molar-refractivity contribution is 5.44. The van der Waals surface area contributed by atoms with Crippen LogP contribution in [0.15, 0.2) is 12.1 Å². The van der Waals surface area contributed by atoms with Crippen molar-refractivity contribution < 1.29 is 5.11 Å². The van der Waals surface area contributed by atoms with Gasteiger partial charge in [-0.2, -0.15) is 0 Å². The van der Waals surface area contributed by atoms with E-state index in [1.165, 1.54) is 61.6 Å². The molecule has 0 aromatic heterocycles. The fourth-order valence-corrected chi connectivity index (χ4v) is 3.16. The molecule has 0 aliphatic carbocycles. The summed E-state index contributed by atoms with van der Waals surface area (Å²) in [6, 6.07) is 4.00. The lowest BCUT2D eigenvalue weighted by Gasteiger charge is -2.15. The lowest BCUT2D eigenvalue weighted by Crippen LogP contribution is -2.00. The van der Waals surface area contributed by atoms with Crippen molar-refractivity contribution in [3.8, 4) is 5.75 Å². The number of unbranched alkanes of at least 4 members (excludes halogenated alkanes) is 6. The van der Waals surface area contributed by atoms with Crippen molar-refractivity contribution in [3.05, 3.63) is 28.8 Å². The van der Waals surface area contributed by atoms with Gasteiger partial charge in [-0.15, -0.1) is 0 Å². The molecule has 0 saturated carbocycles. The predicted octanol–water partition coefficient (Wildman–Crippen LogP) is 6.20. The van der Waals surface area contributed by atoms with Gasteiger partial charge in [-0.1, -0.05) is 71.8 Å². The Kier molecular flexibility index (Phi) is 9.21. The quantitative estimate of drug-likeness (QED) is 0.481. The van der Waals surface area contributed by atoms with Crippen molar-refractivity contribution in [2.24, 2.45) is 0 Å². The Morgan fingerprint density at radius 2 is 1.38 bits per heavy atom. The predicted molar refractivity (Wildman–Crippen MR) is 93.2 cm³/mol. The summed E-state index contributed by atoms with van der Waals surface area (Å²) < 4.78 is 0. The summed E-state index contributed by atoms with van der Waals surface area (Å²) in [6.45, 7) is 6.70. The van der Waals surface area contributed by atoms with Crippen LogP contribution in [0.2, 0.25) is 0 Å². The van der Waals surface area contributed by atoms with Gasteiger partial charge in [0.05, 0.1) is 0 Å². The fourth-order valence-electron chi connectivity index (χ4n) is 3.16. The van der Waals surface area contributed by atoms with Crippen LogP contribution in [0.4, 0.5) is 0 Å². The number of aryl methyl sites for hydroxylation is 1. The van der Waals surface area contributed by atoms with Crippen molar-refractivity contribution >= 4 is 0 Å². The normalized spacial score (nSPS) is 11.0. The van der Waals surface area contributed by atoms with Gasteiger partial charge < -0.3 is 5.11 Å². The summed E-state index contributed by atoms with van der Waals surface area (Å²) in [6.07, 6.45) is 13.7. The molecule has 0 bridgehead atoms. The smallest absolute Gasteiger partial charge is 0.119 e. The minimum atomic E-state index is 0.515. The van der Waals surface area contributed by atoms with Crippen LogP contribution in [-0.4, -0.2) is 5.11 Å². The van der Waals surface area contributed by atoms with E-state index in [1.807, 2.05) is 6.07 Å². The number of hydrogen-bond acceptors (Lipinski definition) is 1. The summed E-state index contributed by atoms with van der Waals surface area (Å²) in [4.78, 5) is 0. The molecular formula is C20H34O. The minimum absolute atomic E-state index is 0.515. The Morgan fingerprint density at radius 1 is 0.714 bits per heavy atom. The second-order valence-corrected chi connectivity index (χ2v) is 6.18. The number of hydrogen-bond donors (Lipinski definition) is 1. The molecule has 0 spiro atoms. The molecule has 120 valence electrons. The van der Waals surface area contributed by atoms with Crippen LogP contribution >= 0.6 is 0 Å². The maximum absolute atomic E-state index is 10.2. The Bertz CT molecular complexity index is 395. The molecule has 0 fully saturated rings. The minimum Gasteiger partial charge on any atom is -0.508 e. The van der Waals surface area contributed by atoms with Crippen LogP contribution in [0, 0.1) is 0 Å². The van der Waals surface area contributed by atoms with E-state index < -0.39 is 0 Å². The van der Waals surface area contributed by atoms with Gasteiger partial charge in [-0.3, -0.25) is 0 Å². The van der Waals surface area contributed by atoms with E-state index in [-0.39, 0.29) is 0 Å². The third-order valence-electron chi connectivity index (χ3n) is 4.41. The molecule has 0 radical (unpaired) electrons. The second-order valence-electron chi connectivity index (χ2n) is 6.18. The van der Waals surface area contributed by atoms with Gasteiger partial charge in [0.15, 0.2) is 0 Å². The molecule has 0 amide bonds. The van der Waals surface area contributed by atoms with Crippen LogP contribution in [0.1, 0.15) is 88.8 Å². The highest BCUT2D eigenvalue weighted by Gasteiger charge is 2.11. The maximum Gasteiger partial charge on any atom is 0.119 e. The molecular weight excluding hydrogens is 256 g/mol. The lowest BCUT2D eigenvalue weighted by atomic mass is 9.91. The lowest BCUT2D eigenvalue weighted by molar-refractivity contribution is 0.464. The zero-order chi connectivity index (χ0) is 15.5. The average Bonchev–Trinajstić information content (AvgIpc) is 2.49. The first-order valence-electron chi connectivity index (χ1n) is 9.07. The topological polar surface area (TPSA) is 20.2 Å². The van der Waals surface area contributed by atoms with E-state index in [0.29, 0.717) is 5.75 Å². The summed E-state index contributed by atoms with van der Waals surface area (Å²) in [7, 11) is 0. The van der Waals surface area contributed by atoms with Crippen molar-refractivity contribution in [1.29, 1.82) is 0 Å². The molecule has 0 unspecified atom stereocenters. The molecule has 1 aromatic rings. The summed E-state index contributed by atoms with van der Waals surface area (Å²) in [5, 5.41) is 10.2. The van der Waals surface area contributed by atoms with Crippen molar-refractivity contribution in [3.63, 3.8) is 0 Å². The van der Waals surface area contributed by atoms with E-state index >= 15 is 0 Å². The summed E-state index contributed by atoms with van der Waals surface area (Å²) >= 11 is 0. The number of phenolic OH excluding ortho intramolecular Hbond substituents is 1. The van der Waals surface area contributed by atoms with Crippen LogP contribution < -0.4 is 0 Å². The third kappa shape index (κ3) is 6.11. The van der Waals surface area contributed by atoms with Crippen LogP contribution in [0.25, 0.3) is 0 Å². The molecule has 1 heteroatoms. The van der Waals surface area contributed by atoms with E-state index in [4.69, 9.17) is 0 Å². The molecule has 1 N–H and O–H groups in total. The molecule has 21 heavy (non-hydrogen) atoms. The first kappa shape index (κ1) is 18.1. The number of aromatic hydroxyl groups is 1. The van der Waals surface area contributed by atoms with Crippen molar-refractivity contribution in [1.82, 2.24) is 0 Å². The highest BCUT2D eigenvalue weighted by Crippen LogP contribution is 2.28. The molecule has 0 aliphatic heterocycles. The largest absolute Gasteiger partial charge is 0.508 e. The molecule has 1 nitrogen and oxygen atoms in total. The van der Waals surface area contributed by atoms with Gasteiger partial charge in [0, 0.05) is 0 Å². The van der Waals surface area contributed by atoms with E-state index in [0.717, 1.165) is 25.7 Å². The van der Waals surface area contributed by atoms with Crippen LogP contribution in [0.3, 0.4) is 0 Å². The van der Waals surface area contributed by atoms with Gasteiger partial charge >= 0.3 is 0 Å². The zero-order valence-electron chi connectivity index (χ0n) is 14.4. The van der Waals surface area contributed by atoms with Crippen molar-refractivity contribution in [2.45, 2.75) is 91.4 Å².